The summed E-state index contributed by atoms with van der Waals surface area (Å²) in [6, 6.07) is 11.7. The molecule has 0 spiro atoms. The van der Waals surface area contributed by atoms with Crippen LogP contribution in [0.2, 0.25) is 0 Å². The summed E-state index contributed by atoms with van der Waals surface area (Å²) in [6.07, 6.45) is -0.426. The molecule has 0 unspecified atom stereocenters. The standard InChI is InChI=1S/C23H29N3O7S/c1-16-13-18(9-10-19(16)31-2)34(29,30)26-11-6-12-33-21(26)15-25-23(28)22(27)24-14-17-7-4-5-8-20(17)32-3/h4-5,7-10,13,21H,6,11-12,14-15H2,1-3H3,(H,24,27)(H,25,28)/t21-/m0/s1. The van der Waals surface area contributed by atoms with E-state index < -0.39 is 28.1 Å². The fourth-order valence-corrected chi connectivity index (χ4v) is 5.27. The molecule has 0 aromatic heterocycles. The number of hydrogen-bond acceptors (Lipinski definition) is 7. The van der Waals surface area contributed by atoms with Gasteiger partial charge in [-0.2, -0.15) is 4.31 Å². The number of sulfonamides is 1. The number of hydrogen-bond donors (Lipinski definition) is 2. The first-order valence-corrected chi connectivity index (χ1v) is 12.2. The van der Waals surface area contributed by atoms with Gasteiger partial charge in [0.15, 0.2) is 0 Å². The van der Waals surface area contributed by atoms with E-state index in [0.717, 1.165) is 0 Å². The second kappa shape index (κ2) is 11.3. The molecule has 34 heavy (non-hydrogen) atoms. The normalized spacial score (nSPS) is 16.5. The Hall–Kier alpha value is -3.15. The summed E-state index contributed by atoms with van der Waals surface area (Å²) < 4.78 is 43.7. The van der Waals surface area contributed by atoms with E-state index in [-0.39, 0.29) is 24.5 Å². The minimum absolute atomic E-state index is 0.0992. The van der Waals surface area contributed by atoms with Gasteiger partial charge in [-0.05, 0) is 43.2 Å². The topological polar surface area (TPSA) is 123 Å². The zero-order valence-corrected chi connectivity index (χ0v) is 20.2. The minimum Gasteiger partial charge on any atom is -0.496 e. The summed E-state index contributed by atoms with van der Waals surface area (Å²) in [6.45, 7) is 2.26. The van der Waals surface area contributed by atoms with Gasteiger partial charge in [0.05, 0.1) is 32.3 Å². The lowest BCUT2D eigenvalue weighted by Gasteiger charge is -2.34. The molecule has 1 heterocycles. The van der Waals surface area contributed by atoms with Crippen molar-refractivity contribution < 1.29 is 32.2 Å². The van der Waals surface area contributed by atoms with E-state index in [1.165, 1.54) is 30.7 Å². The average Bonchev–Trinajstić information content (AvgIpc) is 2.85. The minimum atomic E-state index is -3.89. The van der Waals surface area contributed by atoms with Crippen molar-refractivity contribution in [1.82, 2.24) is 14.9 Å². The Kier molecular flexibility index (Phi) is 8.48. The highest BCUT2D eigenvalue weighted by molar-refractivity contribution is 7.89. The van der Waals surface area contributed by atoms with Gasteiger partial charge in [0.25, 0.3) is 0 Å². The van der Waals surface area contributed by atoms with Crippen LogP contribution in [0, 0.1) is 6.92 Å². The van der Waals surface area contributed by atoms with E-state index in [1.54, 1.807) is 37.3 Å². The van der Waals surface area contributed by atoms with Crippen LogP contribution < -0.4 is 20.1 Å². The second-order valence-corrected chi connectivity index (χ2v) is 9.52. The third-order valence-corrected chi connectivity index (χ3v) is 7.29. The third-order valence-electron chi connectivity index (χ3n) is 5.40. The number of nitrogens with zero attached hydrogens (tertiary/aromatic N) is 1. The number of para-hydroxylation sites is 1. The van der Waals surface area contributed by atoms with E-state index in [2.05, 4.69) is 10.6 Å². The molecule has 2 N–H and O–H groups in total. The first-order valence-electron chi connectivity index (χ1n) is 10.7. The Morgan fingerprint density at radius 2 is 1.76 bits per heavy atom. The van der Waals surface area contributed by atoms with Crippen molar-refractivity contribution in [2.75, 3.05) is 33.9 Å². The zero-order chi connectivity index (χ0) is 24.7. The van der Waals surface area contributed by atoms with Gasteiger partial charge in [0.1, 0.15) is 17.7 Å². The Bertz CT molecular complexity index is 1140. The maximum Gasteiger partial charge on any atom is 0.309 e. The van der Waals surface area contributed by atoms with Gasteiger partial charge in [-0.25, -0.2) is 8.42 Å². The van der Waals surface area contributed by atoms with Crippen molar-refractivity contribution in [3.8, 4) is 11.5 Å². The van der Waals surface area contributed by atoms with Crippen LogP contribution in [0.3, 0.4) is 0 Å². The smallest absolute Gasteiger partial charge is 0.309 e. The molecule has 1 aliphatic rings. The molecule has 0 bridgehead atoms. The van der Waals surface area contributed by atoms with Gasteiger partial charge in [0.2, 0.25) is 10.0 Å². The molecule has 11 heteroatoms. The van der Waals surface area contributed by atoms with Crippen LogP contribution in [0.15, 0.2) is 47.4 Å². The number of aryl methyl sites for hydroxylation is 1. The largest absolute Gasteiger partial charge is 0.496 e. The molecule has 3 rings (SSSR count). The molecule has 184 valence electrons. The van der Waals surface area contributed by atoms with Crippen molar-refractivity contribution in [1.29, 1.82) is 0 Å². The van der Waals surface area contributed by atoms with Crippen molar-refractivity contribution in [3.63, 3.8) is 0 Å². The first kappa shape index (κ1) is 25.5. The highest BCUT2D eigenvalue weighted by Crippen LogP contribution is 2.26. The van der Waals surface area contributed by atoms with Crippen LogP contribution in [-0.4, -0.2) is 64.7 Å². The number of carbonyl (C=O) groups excluding carboxylic acids is 2. The molecular formula is C23H29N3O7S. The molecule has 2 aromatic carbocycles. The number of methoxy groups -OCH3 is 2. The van der Waals surface area contributed by atoms with Crippen LogP contribution in [0.1, 0.15) is 17.5 Å². The lowest BCUT2D eigenvalue weighted by molar-refractivity contribution is -0.140. The number of carbonyl (C=O) groups is 2. The summed E-state index contributed by atoms with van der Waals surface area (Å²) in [5, 5.41) is 5.00. The molecule has 0 radical (unpaired) electrons. The SMILES string of the molecule is COc1ccc(S(=O)(=O)N2CCCO[C@H]2CNC(=O)C(=O)NCc2ccccc2OC)cc1C. The number of rotatable bonds is 8. The zero-order valence-electron chi connectivity index (χ0n) is 19.4. The van der Waals surface area contributed by atoms with Crippen molar-refractivity contribution >= 4 is 21.8 Å². The summed E-state index contributed by atoms with van der Waals surface area (Å²) in [5.74, 6) is -0.561. The van der Waals surface area contributed by atoms with Crippen molar-refractivity contribution in [3.05, 3.63) is 53.6 Å². The van der Waals surface area contributed by atoms with E-state index >= 15 is 0 Å². The summed E-state index contributed by atoms with van der Waals surface area (Å²) in [5.41, 5.74) is 1.40. The summed E-state index contributed by atoms with van der Waals surface area (Å²) >= 11 is 0. The van der Waals surface area contributed by atoms with Gasteiger partial charge in [0, 0.05) is 18.7 Å². The maximum absolute atomic E-state index is 13.2. The number of amides is 2. The summed E-state index contributed by atoms with van der Waals surface area (Å²) in [7, 11) is -0.861. The van der Waals surface area contributed by atoms with Crippen LogP contribution in [-0.2, 0) is 30.9 Å². The number of ether oxygens (including phenoxy) is 3. The Morgan fingerprint density at radius 3 is 2.47 bits per heavy atom. The van der Waals surface area contributed by atoms with Crippen LogP contribution >= 0.6 is 0 Å². The third kappa shape index (κ3) is 5.85. The molecule has 10 nitrogen and oxygen atoms in total. The van der Waals surface area contributed by atoms with Gasteiger partial charge < -0.3 is 24.8 Å². The molecule has 1 fully saturated rings. The van der Waals surface area contributed by atoms with Gasteiger partial charge in [-0.1, -0.05) is 18.2 Å². The molecule has 1 aliphatic heterocycles. The van der Waals surface area contributed by atoms with E-state index in [0.29, 0.717) is 35.7 Å². The molecule has 1 saturated heterocycles. The highest BCUT2D eigenvalue weighted by Gasteiger charge is 2.35. The van der Waals surface area contributed by atoms with Crippen LogP contribution in [0.25, 0.3) is 0 Å². The fourth-order valence-electron chi connectivity index (χ4n) is 3.61. The number of benzene rings is 2. The van der Waals surface area contributed by atoms with Crippen LogP contribution in [0.5, 0.6) is 11.5 Å². The van der Waals surface area contributed by atoms with Gasteiger partial charge in [-0.15, -0.1) is 0 Å². The average molecular weight is 492 g/mol. The lowest BCUT2D eigenvalue weighted by atomic mass is 10.2. The molecule has 2 amide bonds. The predicted octanol–water partition coefficient (Wildman–Crippen LogP) is 1.18. The van der Waals surface area contributed by atoms with Gasteiger partial charge in [-0.3, -0.25) is 9.59 Å². The summed E-state index contributed by atoms with van der Waals surface area (Å²) in [4.78, 5) is 24.6. The van der Waals surface area contributed by atoms with E-state index in [9.17, 15) is 18.0 Å². The monoisotopic (exact) mass is 491 g/mol. The Labute approximate surface area is 199 Å². The second-order valence-electron chi connectivity index (χ2n) is 7.63. The maximum atomic E-state index is 13.2. The Balaban J connectivity index is 1.62. The quantitative estimate of drug-likeness (QED) is 0.532. The Morgan fingerprint density at radius 1 is 1.06 bits per heavy atom. The molecule has 2 aromatic rings. The molecule has 1 atom stereocenters. The molecule has 0 aliphatic carbocycles. The van der Waals surface area contributed by atoms with Gasteiger partial charge >= 0.3 is 11.8 Å². The molecule has 0 saturated carbocycles. The molecular weight excluding hydrogens is 462 g/mol. The highest BCUT2D eigenvalue weighted by atomic mass is 32.2. The van der Waals surface area contributed by atoms with E-state index in [4.69, 9.17) is 14.2 Å². The number of nitrogens with one attached hydrogen (secondary N) is 2. The fraction of sp³-hybridized carbons (Fsp3) is 0.391. The van der Waals surface area contributed by atoms with Crippen molar-refractivity contribution in [2.45, 2.75) is 31.0 Å². The lowest BCUT2D eigenvalue weighted by Crippen LogP contribution is -2.53. The van der Waals surface area contributed by atoms with Crippen molar-refractivity contribution in [2.24, 2.45) is 0 Å². The van der Waals surface area contributed by atoms with Crippen LogP contribution in [0.4, 0.5) is 0 Å². The van der Waals surface area contributed by atoms with E-state index in [1.807, 2.05) is 0 Å². The first-order chi connectivity index (χ1) is 16.3. The predicted molar refractivity (Wildman–Crippen MR) is 124 cm³/mol.